The van der Waals surface area contributed by atoms with Crippen molar-refractivity contribution in [3.8, 4) is 17.2 Å². The predicted octanol–water partition coefficient (Wildman–Crippen LogP) is 5.33. The van der Waals surface area contributed by atoms with Gasteiger partial charge >= 0.3 is 0 Å². The second kappa shape index (κ2) is 5.44. The second-order valence-electron chi connectivity index (χ2n) is 4.41. The van der Waals surface area contributed by atoms with Crippen molar-refractivity contribution in [3.63, 3.8) is 0 Å². The number of nitriles is 1. The minimum absolute atomic E-state index is 0.0707. The molecule has 0 saturated heterocycles. The molecule has 2 aromatic carbocycles. The van der Waals surface area contributed by atoms with Gasteiger partial charge in [0.15, 0.2) is 0 Å². The van der Waals surface area contributed by atoms with Crippen molar-refractivity contribution >= 4 is 38.4 Å². The van der Waals surface area contributed by atoms with E-state index in [4.69, 9.17) is 11.6 Å². The third kappa shape index (κ3) is 2.39. The summed E-state index contributed by atoms with van der Waals surface area (Å²) in [4.78, 5) is 4.21. The van der Waals surface area contributed by atoms with Gasteiger partial charge in [-0.05, 0) is 18.2 Å². The molecule has 3 aromatic rings. The third-order valence-corrected chi connectivity index (χ3v) is 3.93. The molecule has 102 valence electrons. The molecule has 0 bridgehead atoms. The minimum Gasteiger partial charge on any atom is -0.235 e. The van der Waals surface area contributed by atoms with Crippen LogP contribution in [0.25, 0.3) is 22.0 Å². The number of hydrogen-bond donors (Lipinski definition) is 0. The van der Waals surface area contributed by atoms with E-state index in [2.05, 4.69) is 20.9 Å². The van der Waals surface area contributed by atoms with E-state index in [1.54, 1.807) is 30.3 Å². The van der Waals surface area contributed by atoms with E-state index < -0.39 is 5.82 Å². The molecule has 0 atom stereocenters. The number of pyridine rings is 1. The Morgan fingerprint density at radius 2 is 1.95 bits per heavy atom. The normalized spacial score (nSPS) is 10.6. The SMILES string of the molecule is N#Cc1c(Cl)nc2cc(Br)ccc2c1-c1ccccc1F. The molecule has 5 heteroatoms. The first-order valence-electron chi connectivity index (χ1n) is 6.05. The maximum absolute atomic E-state index is 14.1. The molecular weight excluding hydrogens is 355 g/mol. The fourth-order valence-electron chi connectivity index (χ4n) is 2.25. The fourth-order valence-corrected chi connectivity index (χ4v) is 2.83. The average molecular weight is 362 g/mol. The van der Waals surface area contributed by atoms with Crippen LogP contribution in [0.5, 0.6) is 0 Å². The first-order chi connectivity index (χ1) is 10.1. The van der Waals surface area contributed by atoms with Crippen molar-refractivity contribution in [2.24, 2.45) is 0 Å². The number of benzene rings is 2. The van der Waals surface area contributed by atoms with Crippen LogP contribution in [0.15, 0.2) is 46.9 Å². The van der Waals surface area contributed by atoms with Crippen molar-refractivity contribution in [3.05, 3.63) is 63.5 Å². The van der Waals surface area contributed by atoms with Crippen LogP contribution in [0.3, 0.4) is 0 Å². The molecular formula is C16H7BrClFN2. The molecule has 0 aliphatic carbocycles. The van der Waals surface area contributed by atoms with E-state index in [1.807, 2.05) is 12.1 Å². The highest BCUT2D eigenvalue weighted by Crippen LogP contribution is 2.36. The summed E-state index contributed by atoms with van der Waals surface area (Å²) in [5.41, 5.74) is 1.59. The van der Waals surface area contributed by atoms with Gasteiger partial charge in [0.05, 0.1) is 11.1 Å². The Balaban J connectivity index is 2.50. The maximum atomic E-state index is 14.1. The molecule has 0 spiro atoms. The summed E-state index contributed by atoms with van der Waals surface area (Å²) in [5.74, 6) is -0.402. The largest absolute Gasteiger partial charge is 0.235 e. The molecule has 0 fully saturated rings. The summed E-state index contributed by atoms with van der Waals surface area (Å²) >= 11 is 9.46. The highest BCUT2D eigenvalue weighted by Gasteiger charge is 2.18. The molecule has 0 radical (unpaired) electrons. The number of nitrogens with zero attached hydrogens (tertiary/aromatic N) is 2. The molecule has 0 amide bonds. The topological polar surface area (TPSA) is 36.7 Å². The Morgan fingerprint density at radius 3 is 2.67 bits per heavy atom. The van der Waals surface area contributed by atoms with Gasteiger partial charge in [0.25, 0.3) is 0 Å². The van der Waals surface area contributed by atoms with Crippen LogP contribution in [-0.2, 0) is 0 Å². The number of aromatic nitrogens is 1. The van der Waals surface area contributed by atoms with Crippen LogP contribution < -0.4 is 0 Å². The standard InChI is InChI=1S/C16H7BrClFN2/c17-9-5-6-11-14(7-9)21-16(18)12(8-20)15(11)10-3-1-2-4-13(10)19/h1-7H. The van der Waals surface area contributed by atoms with Gasteiger partial charge in [-0.25, -0.2) is 9.37 Å². The third-order valence-electron chi connectivity index (χ3n) is 3.16. The van der Waals surface area contributed by atoms with Crippen LogP contribution in [0.2, 0.25) is 5.15 Å². The lowest BCUT2D eigenvalue weighted by atomic mass is 9.96. The molecule has 1 aromatic heterocycles. The molecule has 21 heavy (non-hydrogen) atoms. The highest BCUT2D eigenvalue weighted by molar-refractivity contribution is 9.10. The van der Waals surface area contributed by atoms with Crippen molar-refractivity contribution in [2.75, 3.05) is 0 Å². The summed E-state index contributed by atoms with van der Waals surface area (Å²) in [6.45, 7) is 0. The predicted molar refractivity (Wildman–Crippen MR) is 84.6 cm³/mol. The van der Waals surface area contributed by atoms with Crippen LogP contribution in [0, 0.1) is 17.1 Å². The zero-order valence-corrected chi connectivity index (χ0v) is 12.9. The zero-order chi connectivity index (χ0) is 15.0. The van der Waals surface area contributed by atoms with Crippen LogP contribution in [-0.4, -0.2) is 4.98 Å². The molecule has 0 unspecified atom stereocenters. The number of halogens is 3. The van der Waals surface area contributed by atoms with Gasteiger partial charge in [0.2, 0.25) is 0 Å². The Bertz CT molecular complexity index is 903. The minimum atomic E-state index is -0.402. The van der Waals surface area contributed by atoms with E-state index in [0.717, 1.165) is 4.47 Å². The Kier molecular flexibility index (Phi) is 3.62. The smallest absolute Gasteiger partial charge is 0.148 e. The van der Waals surface area contributed by atoms with Gasteiger partial charge in [-0.3, -0.25) is 0 Å². The van der Waals surface area contributed by atoms with Gasteiger partial charge in [0.1, 0.15) is 17.0 Å². The van der Waals surface area contributed by atoms with Crippen molar-refractivity contribution in [1.29, 1.82) is 5.26 Å². The van der Waals surface area contributed by atoms with E-state index in [0.29, 0.717) is 22.0 Å². The number of hydrogen-bond acceptors (Lipinski definition) is 2. The Hall–Kier alpha value is -1.96. The van der Waals surface area contributed by atoms with Gasteiger partial charge in [-0.1, -0.05) is 51.8 Å². The Morgan fingerprint density at radius 1 is 1.19 bits per heavy atom. The highest BCUT2D eigenvalue weighted by atomic mass is 79.9. The lowest BCUT2D eigenvalue weighted by Crippen LogP contribution is -1.94. The first kappa shape index (κ1) is 14.0. The van der Waals surface area contributed by atoms with E-state index in [9.17, 15) is 9.65 Å². The van der Waals surface area contributed by atoms with Gasteiger partial charge in [0, 0.05) is 21.0 Å². The first-order valence-corrected chi connectivity index (χ1v) is 7.22. The van der Waals surface area contributed by atoms with E-state index in [1.165, 1.54) is 6.07 Å². The number of fused-ring (bicyclic) bond motifs is 1. The number of rotatable bonds is 1. The molecule has 2 nitrogen and oxygen atoms in total. The summed E-state index contributed by atoms with van der Waals surface area (Å²) < 4.78 is 15.0. The monoisotopic (exact) mass is 360 g/mol. The van der Waals surface area contributed by atoms with E-state index in [-0.39, 0.29) is 10.7 Å². The van der Waals surface area contributed by atoms with Crippen LogP contribution >= 0.6 is 27.5 Å². The molecule has 3 rings (SSSR count). The van der Waals surface area contributed by atoms with Crippen molar-refractivity contribution in [2.45, 2.75) is 0 Å². The summed E-state index contributed by atoms with van der Waals surface area (Å²) in [5, 5.41) is 10.1. The van der Waals surface area contributed by atoms with E-state index >= 15 is 0 Å². The summed E-state index contributed by atoms with van der Waals surface area (Å²) in [6.07, 6.45) is 0. The molecule has 0 saturated carbocycles. The van der Waals surface area contributed by atoms with Gasteiger partial charge in [-0.2, -0.15) is 5.26 Å². The lowest BCUT2D eigenvalue weighted by molar-refractivity contribution is 0.631. The lowest BCUT2D eigenvalue weighted by Gasteiger charge is -2.11. The van der Waals surface area contributed by atoms with Crippen LogP contribution in [0.4, 0.5) is 4.39 Å². The average Bonchev–Trinajstić information content (AvgIpc) is 2.46. The molecule has 0 aliphatic heterocycles. The summed E-state index contributed by atoms with van der Waals surface area (Å²) in [6, 6.07) is 13.7. The summed E-state index contributed by atoms with van der Waals surface area (Å²) in [7, 11) is 0. The van der Waals surface area contributed by atoms with Crippen LogP contribution in [0.1, 0.15) is 5.56 Å². The zero-order valence-electron chi connectivity index (χ0n) is 10.6. The maximum Gasteiger partial charge on any atom is 0.148 e. The van der Waals surface area contributed by atoms with Gasteiger partial charge in [-0.15, -0.1) is 0 Å². The van der Waals surface area contributed by atoms with Crippen molar-refractivity contribution < 1.29 is 4.39 Å². The molecule has 0 aliphatic rings. The fraction of sp³-hybridized carbons (Fsp3) is 0. The Labute approximate surface area is 133 Å². The molecule has 0 N–H and O–H groups in total. The van der Waals surface area contributed by atoms with Crippen molar-refractivity contribution in [1.82, 2.24) is 4.98 Å². The molecule has 1 heterocycles. The van der Waals surface area contributed by atoms with Gasteiger partial charge < -0.3 is 0 Å². The quantitative estimate of drug-likeness (QED) is 0.549. The second-order valence-corrected chi connectivity index (χ2v) is 5.68.